The highest BCUT2D eigenvalue weighted by Gasteiger charge is 2.26. The number of aliphatic hydroxyl groups excluding tert-OH is 2. The van der Waals surface area contributed by atoms with Crippen molar-refractivity contribution in [3.05, 3.63) is 29.8 Å². The maximum absolute atomic E-state index is 12.4. The fourth-order valence-electron chi connectivity index (χ4n) is 2.19. The highest BCUT2D eigenvalue weighted by molar-refractivity contribution is 5.95. The summed E-state index contributed by atoms with van der Waals surface area (Å²) in [6.07, 6.45) is -0.770. The summed E-state index contributed by atoms with van der Waals surface area (Å²) in [6, 6.07) is 5.77. The summed E-state index contributed by atoms with van der Waals surface area (Å²) in [5, 5.41) is 25.8. The molecule has 3 amide bonds. The summed E-state index contributed by atoms with van der Waals surface area (Å²) < 4.78 is 5.06. The number of amides is 3. The smallest absolute Gasteiger partial charge is 0.407 e. The average molecular weight is 409 g/mol. The zero-order chi connectivity index (χ0) is 22.0. The number of hydrogen-bond donors (Lipinski definition) is 5. The molecule has 0 fully saturated rings. The van der Waals surface area contributed by atoms with Crippen molar-refractivity contribution < 1.29 is 29.3 Å². The van der Waals surface area contributed by atoms with E-state index in [4.69, 9.17) is 9.84 Å². The lowest BCUT2D eigenvalue weighted by Gasteiger charge is -2.24. The Morgan fingerprint density at radius 2 is 1.72 bits per heavy atom. The van der Waals surface area contributed by atoms with Crippen molar-refractivity contribution in [1.29, 1.82) is 0 Å². The topological polar surface area (TPSA) is 137 Å². The average Bonchev–Trinajstić information content (AvgIpc) is 2.69. The Bertz CT molecular complexity index is 688. The van der Waals surface area contributed by atoms with Crippen molar-refractivity contribution in [1.82, 2.24) is 10.6 Å². The third-order valence-corrected chi connectivity index (χ3v) is 4.09. The third-order valence-electron chi connectivity index (χ3n) is 4.09. The number of aliphatic hydroxyl groups is 2. The van der Waals surface area contributed by atoms with Crippen molar-refractivity contribution in [2.75, 3.05) is 25.1 Å². The van der Waals surface area contributed by atoms with Crippen LogP contribution in [0, 0.1) is 11.3 Å². The van der Waals surface area contributed by atoms with Crippen molar-refractivity contribution in [3.63, 3.8) is 0 Å². The molecule has 9 heteroatoms. The van der Waals surface area contributed by atoms with Crippen LogP contribution >= 0.6 is 0 Å². The van der Waals surface area contributed by atoms with Crippen LogP contribution in [-0.4, -0.2) is 53.9 Å². The van der Waals surface area contributed by atoms with Gasteiger partial charge in [0, 0.05) is 11.1 Å². The van der Waals surface area contributed by atoms with E-state index in [-0.39, 0.29) is 32.3 Å². The second-order valence-corrected chi connectivity index (χ2v) is 7.89. The maximum atomic E-state index is 12.4. The Kier molecular flexibility index (Phi) is 9.57. The number of anilines is 1. The lowest BCUT2D eigenvalue weighted by molar-refractivity contribution is -0.126. The van der Waals surface area contributed by atoms with Gasteiger partial charge in [0.15, 0.2) is 0 Å². The Hall–Kier alpha value is -2.65. The molecule has 5 N–H and O–H groups in total. The van der Waals surface area contributed by atoms with Crippen LogP contribution in [0.1, 0.15) is 33.3 Å². The van der Waals surface area contributed by atoms with E-state index in [0.717, 1.165) is 5.56 Å². The summed E-state index contributed by atoms with van der Waals surface area (Å²) in [4.78, 5) is 36.4. The Morgan fingerprint density at radius 3 is 2.24 bits per heavy atom. The second-order valence-electron chi connectivity index (χ2n) is 7.89. The first-order chi connectivity index (χ1) is 13.6. The fourth-order valence-corrected chi connectivity index (χ4v) is 2.19. The number of nitrogens with one attached hydrogen (secondary N) is 3. The fraction of sp³-hybridized carbons (Fsp3) is 0.550. The number of alkyl carbamates (subject to hydrolysis) is 1. The molecule has 0 aromatic heterocycles. The molecule has 0 saturated heterocycles. The van der Waals surface area contributed by atoms with Gasteiger partial charge in [-0.1, -0.05) is 39.8 Å². The Morgan fingerprint density at radius 1 is 1.10 bits per heavy atom. The van der Waals surface area contributed by atoms with Gasteiger partial charge in [0.1, 0.15) is 12.6 Å². The first-order valence-corrected chi connectivity index (χ1v) is 9.39. The number of ether oxygens (including phenoxy) is 1. The highest BCUT2D eigenvalue weighted by Crippen LogP contribution is 2.14. The van der Waals surface area contributed by atoms with Crippen molar-refractivity contribution in [2.24, 2.45) is 11.3 Å². The van der Waals surface area contributed by atoms with Crippen molar-refractivity contribution in [3.8, 4) is 0 Å². The molecular weight excluding hydrogens is 378 g/mol. The van der Waals surface area contributed by atoms with E-state index in [9.17, 15) is 19.5 Å². The molecule has 0 saturated carbocycles. The minimum absolute atomic E-state index is 0.000749. The van der Waals surface area contributed by atoms with Crippen LogP contribution in [0.4, 0.5) is 10.5 Å². The van der Waals surface area contributed by atoms with Gasteiger partial charge < -0.3 is 30.9 Å². The highest BCUT2D eigenvalue weighted by atomic mass is 16.5. The molecule has 1 aromatic carbocycles. The minimum atomic E-state index is -0.878. The van der Waals surface area contributed by atoms with Crippen LogP contribution < -0.4 is 16.0 Å². The minimum Gasteiger partial charge on any atom is -0.449 e. The lowest BCUT2D eigenvalue weighted by atomic mass is 9.97. The molecule has 0 aliphatic rings. The first-order valence-electron chi connectivity index (χ1n) is 9.39. The van der Waals surface area contributed by atoms with E-state index in [1.54, 1.807) is 52.0 Å². The second kappa shape index (κ2) is 11.4. The lowest BCUT2D eigenvalue weighted by Crippen LogP contribution is -2.51. The summed E-state index contributed by atoms with van der Waals surface area (Å²) in [5.41, 5.74) is 0.673. The summed E-state index contributed by atoms with van der Waals surface area (Å²) >= 11 is 0. The molecule has 1 unspecified atom stereocenters. The zero-order valence-corrected chi connectivity index (χ0v) is 17.3. The van der Waals surface area contributed by atoms with Gasteiger partial charge in [-0.15, -0.1) is 0 Å². The molecule has 0 bridgehead atoms. The monoisotopic (exact) mass is 409 g/mol. The molecule has 162 valence electrons. The van der Waals surface area contributed by atoms with Crippen LogP contribution in [0.5, 0.6) is 0 Å². The summed E-state index contributed by atoms with van der Waals surface area (Å²) in [5.74, 6) is -1.17. The van der Waals surface area contributed by atoms with Gasteiger partial charge in [0.25, 0.3) is 0 Å². The molecule has 0 heterocycles. The van der Waals surface area contributed by atoms with E-state index < -0.39 is 29.4 Å². The SMILES string of the molecule is CC(C)C(NC(=O)OCC(C)(C)CO)C(=O)NCC(=O)Nc1ccc(CO)cc1. The molecule has 1 atom stereocenters. The number of carbonyl (C=O) groups is 3. The molecule has 0 aliphatic heterocycles. The predicted octanol–water partition coefficient (Wildman–Crippen LogP) is 1.00. The van der Waals surface area contributed by atoms with Gasteiger partial charge >= 0.3 is 6.09 Å². The molecule has 29 heavy (non-hydrogen) atoms. The van der Waals surface area contributed by atoms with Gasteiger partial charge in [-0.2, -0.15) is 0 Å². The van der Waals surface area contributed by atoms with Gasteiger partial charge in [0.05, 0.1) is 19.8 Å². The summed E-state index contributed by atoms with van der Waals surface area (Å²) in [6.45, 7) is 6.49. The van der Waals surface area contributed by atoms with Crippen LogP contribution in [0.15, 0.2) is 24.3 Å². The molecule has 0 aliphatic carbocycles. The quantitative estimate of drug-likeness (QED) is 0.391. The Labute approximate surface area is 170 Å². The van der Waals surface area contributed by atoms with E-state index in [0.29, 0.717) is 5.69 Å². The van der Waals surface area contributed by atoms with Gasteiger partial charge in [0.2, 0.25) is 11.8 Å². The largest absolute Gasteiger partial charge is 0.449 e. The Balaban J connectivity index is 2.52. The zero-order valence-electron chi connectivity index (χ0n) is 17.3. The van der Waals surface area contributed by atoms with Crippen LogP contribution in [0.2, 0.25) is 0 Å². The van der Waals surface area contributed by atoms with Crippen LogP contribution in [0.3, 0.4) is 0 Å². The summed E-state index contributed by atoms with van der Waals surface area (Å²) in [7, 11) is 0. The maximum Gasteiger partial charge on any atom is 0.407 e. The van der Waals surface area contributed by atoms with E-state index in [2.05, 4.69) is 16.0 Å². The normalized spacial score (nSPS) is 12.2. The molecule has 1 aromatic rings. The molecule has 0 spiro atoms. The predicted molar refractivity (Wildman–Crippen MR) is 108 cm³/mol. The van der Waals surface area contributed by atoms with Gasteiger partial charge in [-0.25, -0.2) is 4.79 Å². The van der Waals surface area contributed by atoms with Gasteiger partial charge in [-0.05, 0) is 23.6 Å². The third kappa shape index (κ3) is 8.93. The number of rotatable bonds is 10. The number of carbonyl (C=O) groups excluding carboxylic acids is 3. The molecular formula is C20H31N3O6. The molecule has 1 rings (SSSR count). The number of hydrogen-bond acceptors (Lipinski definition) is 6. The standard InChI is InChI=1S/C20H31N3O6/c1-13(2)17(23-19(28)29-12-20(3,4)11-25)18(27)21-9-16(26)22-15-7-5-14(10-24)6-8-15/h5-8,13,17,24-25H,9-12H2,1-4H3,(H,21,27)(H,22,26)(H,23,28). The molecule has 9 nitrogen and oxygen atoms in total. The van der Waals surface area contributed by atoms with E-state index in [1.165, 1.54) is 0 Å². The van der Waals surface area contributed by atoms with Crippen LogP contribution in [-0.2, 0) is 20.9 Å². The van der Waals surface area contributed by atoms with Crippen molar-refractivity contribution >= 4 is 23.6 Å². The first kappa shape index (κ1) is 24.4. The van der Waals surface area contributed by atoms with Gasteiger partial charge in [-0.3, -0.25) is 9.59 Å². The number of benzene rings is 1. The van der Waals surface area contributed by atoms with E-state index >= 15 is 0 Å². The van der Waals surface area contributed by atoms with E-state index in [1.807, 2.05) is 0 Å². The van der Waals surface area contributed by atoms with Crippen LogP contribution in [0.25, 0.3) is 0 Å². The van der Waals surface area contributed by atoms with Crippen molar-refractivity contribution in [2.45, 2.75) is 40.3 Å². The molecule has 0 radical (unpaired) electrons.